The molecule has 1 aliphatic heterocycles. The van der Waals surface area contributed by atoms with Gasteiger partial charge in [-0.05, 0) is 24.5 Å². The first-order valence-corrected chi connectivity index (χ1v) is 7.30. The molecule has 2 aromatic rings. The maximum absolute atomic E-state index is 11.5. The largest absolute Gasteiger partial charge is 0.480 e. The number of benzene rings is 1. The minimum absolute atomic E-state index is 0.157. The molecule has 1 atom stereocenters. The van der Waals surface area contributed by atoms with Crippen LogP contribution in [0.3, 0.4) is 0 Å². The van der Waals surface area contributed by atoms with Crippen LogP contribution in [-0.4, -0.2) is 22.1 Å². The smallest absolute Gasteiger partial charge is 0.321 e. The van der Waals surface area contributed by atoms with Gasteiger partial charge in [0.05, 0.1) is 5.54 Å². The third kappa shape index (κ3) is 1.54. The summed E-state index contributed by atoms with van der Waals surface area (Å²) in [5.41, 5.74) is 3.40. The highest BCUT2D eigenvalue weighted by Gasteiger charge is 2.45. The first-order valence-electron chi connectivity index (χ1n) is 7.30. The second kappa shape index (κ2) is 4.09. The van der Waals surface area contributed by atoms with E-state index in [1.807, 2.05) is 12.1 Å². The minimum Gasteiger partial charge on any atom is -0.480 e. The molecule has 0 saturated heterocycles. The van der Waals surface area contributed by atoms with E-state index in [2.05, 4.69) is 22.4 Å². The van der Waals surface area contributed by atoms with Crippen molar-refractivity contribution in [3.8, 4) is 0 Å². The number of aromatic amines is 1. The van der Waals surface area contributed by atoms with Crippen molar-refractivity contribution < 1.29 is 9.90 Å². The maximum atomic E-state index is 11.5. The zero-order valence-corrected chi connectivity index (χ0v) is 11.3. The number of rotatable bonds is 1. The topological polar surface area (TPSA) is 65.1 Å². The lowest BCUT2D eigenvalue weighted by Crippen LogP contribution is -2.54. The molecule has 2 heterocycles. The molecule has 1 spiro atoms. The predicted molar refractivity (Wildman–Crippen MR) is 76.7 cm³/mol. The first-order chi connectivity index (χ1) is 9.70. The van der Waals surface area contributed by atoms with Gasteiger partial charge in [-0.1, -0.05) is 31.0 Å². The standard InChI is InChI=1S/C16H18N2O2/c19-15(20)13-9-11-10-5-1-2-6-12(10)17-14(11)16(18-13)7-3-4-8-16/h1-2,5-6,13,17-18H,3-4,7-9H2,(H,19,20)/t13-/m1/s1. The molecule has 3 N–H and O–H groups in total. The molecule has 4 nitrogen and oxygen atoms in total. The molecular formula is C16H18N2O2. The van der Waals surface area contributed by atoms with Gasteiger partial charge in [0.25, 0.3) is 0 Å². The summed E-state index contributed by atoms with van der Waals surface area (Å²) in [6.45, 7) is 0. The Kier molecular flexibility index (Phi) is 2.45. The Morgan fingerprint density at radius 1 is 1.25 bits per heavy atom. The Labute approximate surface area is 117 Å². The number of hydrogen-bond acceptors (Lipinski definition) is 2. The third-order valence-corrected chi connectivity index (χ3v) is 4.91. The van der Waals surface area contributed by atoms with Gasteiger partial charge in [-0.25, -0.2) is 0 Å². The second-order valence-corrected chi connectivity index (χ2v) is 6.05. The fourth-order valence-corrected chi connectivity index (χ4v) is 4.00. The number of carbonyl (C=O) groups is 1. The van der Waals surface area contributed by atoms with E-state index in [1.165, 1.54) is 16.6 Å². The minimum atomic E-state index is -0.743. The highest BCUT2D eigenvalue weighted by molar-refractivity contribution is 5.87. The number of carboxylic acid groups (broad SMARTS) is 1. The van der Waals surface area contributed by atoms with Crippen LogP contribution in [-0.2, 0) is 16.8 Å². The van der Waals surface area contributed by atoms with Crippen molar-refractivity contribution in [1.29, 1.82) is 0 Å². The van der Waals surface area contributed by atoms with Crippen LogP contribution in [0.2, 0.25) is 0 Å². The summed E-state index contributed by atoms with van der Waals surface area (Å²) >= 11 is 0. The van der Waals surface area contributed by atoms with Crippen LogP contribution in [0.5, 0.6) is 0 Å². The zero-order chi connectivity index (χ0) is 13.7. The van der Waals surface area contributed by atoms with Gasteiger partial charge in [-0.15, -0.1) is 0 Å². The molecule has 4 heteroatoms. The molecule has 1 aromatic heterocycles. The molecule has 0 amide bonds. The van der Waals surface area contributed by atoms with Crippen LogP contribution >= 0.6 is 0 Å². The maximum Gasteiger partial charge on any atom is 0.321 e. The summed E-state index contributed by atoms with van der Waals surface area (Å²) in [7, 11) is 0. The van der Waals surface area contributed by atoms with Gasteiger partial charge < -0.3 is 10.1 Å². The SMILES string of the molecule is O=C(O)[C@H]1Cc2c([nH]c3ccccc23)C2(CCCC2)N1. The third-order valence-electron chi connectivity index (χ3n) is 4.91. The summed E-state index contributed by atoms with van der Waals surface area (Å²) in [6.07, 6.45) is 4.94. The molecular weight excluding hydrogens is 252 g/mol. The van der Waals surface area contributed by atoms with Crippen molar-refractivity contribution in [2.45, 2.75) is 43.7 Å². The van der Waals surface area contributed by atoms with E-state index in [9.17, 15) is 9.90 Å². The van der Waals surface area contributed by atoms with E-state index in [0.717, 1.165) is 31.2 Å². The molecule has 1 saturated carbocycles. The number of carboxylic acids is 1. The van der Waals surface area contributed by atoms with Crippen LogP contribution in [0.25, 0.3) is 10.9 Å². The van der Waals surface area contributed by atoms with Gasteiger partial charge in [0.2, 0.25) is 0 Å². The van der Waals surface area contributed by atoms with E-state index < -0.39 is 12.0 Å². The van der Waals surface area contributed by atoms with Gasteiger partial charge in [0.1, 0.15) is 6.04 Å². The fourth-order valence-electron chi connectivity index (χ4n) is 4.00. The lowest BCUT2D eigenvalue weighted by atomic mass is 9.82. The lowest BCUT2D eigenvalue weighted by Gasteiger charge is -2.38. The highest BCUT2D eigenvalue weighted by Crippen LogP contribution is 2.44. The van der Waals surface area contributed by atoms with E-state index in [-0.39, 0.29) is 5.54 Å². The molecule has 0 radical (unpaired) electrons. The summed E-state index contributed by atoms with van der Waals surface area (Å²) in [4.78, 5) is 15.0. The Morgan fingerprint density at radius 3 is 2.75 bits per heavy atom. The summed E-state index contributed by atoms with van der Waals surface area (Å²) in [6, 6.07) is 7.74. The Hall–Kier alpha value is -1.81. The van der Waals surface area contributed by atoms with E-state index in [4.69, 9.17) is 0 Å². The highest BCUT2D eigenvalue weighted by atomic mass is 16.4. The Morgan fingerprint density at radius 2 is 2.00 bits per heavy atom. The van der Waals surface area contributed by atoms with Crippen LogP contribution in [0.15, 0.2) is 24.3 Å². The normalized spacial score (nSPS) is 24.1. The molecule has 0 bridgehead atoms. The molecule has 1 fully saturated rings. The average Bonchev–Trinajstić information content (AvgIpc) is 3.04. The number of hydrogen-bond donors (Lipinski definition) is 3. The molecule has 0 unspecified atom stereocenters. The van der Waals surface area contributed by atoms with E-state index in [1.54, 1.807) is 0 Å². The number of nitrogens with one attached hydrogen (secondary N) is 2. The van der Waals surface area contributed by atoms with Crippen molar-refractivity contribution in [1.82, 2.24) is 10.3 Å². The lowest BCUT2D eigenvalue weighted by molar-refractivity contribution is -0.140. The van der Waals surface area contributed by atoms with Crippen molar-refractivity contribution >= 4 is 16.9 Å². The van der Waals surface area contributed by atoms with Crippen LogP contribution in [0.1, 0.15) is 36.9 Å². The van der Waals surface area contributed by atoms with E-state index >= 15 is 0 Å². The van der Waals surface area contributed by atoms with Crippen LogP contribution in [0.4, 0.5) is 0 Å². The number of para-hydroxylation sites is 1. The zero-order valence-electron chi connectivity index (χ0n) is 11.3. The average molecular weight is 270 g/mol. The molecule has 4 rings (SSSR count). The number of fused-ring (bicyclic) bond motifs is 4. The fraction of sp³-hybridized carbons (Fsp3) is 0.438. The summed E-state index contributed by atoms with van der Waals surface area (Å²) < 4.78 is 0. The quantitative estimate of drug-likeness (QED) is 0.746. The molecule has 1 aromatic carbocycles. The number of aliphatic carboxylic acids is 1. The molecule has 20 heavy (non-hydrogen) atoms. The van der Waals surface area contributed by atoms with Gasteiger partial charge >= 0.3 is 5.97 Å². The van der Waals surface area contributed by atoms with Crippen LogP contribution in [0, 0.1) is 0 Å². The second-order valence-electron chi connectivity index (χ2n) is 6.05. The van der Waals surface area contributed by atoms with E-state index in [0.29, 0.717) is 6.42 Å². The number of H-pyrrole nitrogens is 1. The van der Waals surface area contributed by atoms with Crippen molar-refractivity contribution in [3.63, 3.8) is 0 Å². The molecule has 1 aliphatic carbocycles. The molecule has 104 valence electrons. The Balaban J connectivity index is 1.94. The summed E-state index contributed by atoms with van der Waals surface area (Å²) in [5, 5.41) is 14.0. The van der Waals surface area contributed by atoms with Gasteiger partial charge in [0, 0.05) is 23.0 Å². The number of aromatic nitrogens is 1. The predicted octanol–water partition coefficient (Wildman–Crippen LogP) is 2.54. The van der Waals surface area contributed by atoms with Gasteiger partial charge in [-0.2, -0.15) is 0 Å². The van der Waals surface area contributed by atoms with Crippen molar-refractivity contribution in [2.75, 3.05) is 0 Å². The first kappa shape index (κ1) is 12.0. The van der Waals surface area contributed by atoms with Gasteiger partial charge in [0.15, 0.2) is 0 Å². The van der Waals surface area contributed by atoms with Gasteiger partial charge in [-0.3, -0.25) is 10.1 Å². The van der Waals surface area contributed by atoms with Crippen molar-refractivity contribution in [2.24, 2.45) is 0 Å². The Bertz CT molecular complexity index is 683. The van der Waals surface area contributed by atoms with Crippen molar-refractivity contribution in [3.05, 3.63) is 35.5 Å². The monoisotopic (exact) mass is 270 g/mol. The van der Waals surface area contributed by atoms with Crippen LogP contribution < -0.4 is 5.32 Å². The molecule has 2 aliphatic rings. The summed E-state index contributed by atoms with van der Waals surface area (Å²) in [5.74, 6) is -0.743.